The minimum atomic E-state index is -4.58. The van der Waals surface area contributed by atoms with Gasteiger partial charge in [0.2, 0.25) is 0 Å². The summed E-state index contributed by atoms with van der Waals surface area (Å²) in [6.07, 6.45) is -3.31. The van der Waals surface area contributed by atoms with Crippen molar-refractivity contribution in [3.8, 4) is 0 Å². The van der Waals surface area contributed by atoms with Gasteiger partial charge in [-0.2, -0.15) is 13.2 Å². The summed E-state index contributed by atoms with van der Waals surface area (Å²) in [5, 5.41) is 10.9. The maximum Gasteiger partial charge on any atom is 0.416 e. The van der Waals surface area contributed by atoms with Gasteiger partial charge in [0.1, 0.15) is 5.02 Å². The average molecular weight is 479 g/mol. The lowest BCUT2D eigenvalue weighted by atomic mass is 10.1. The van der Waals surface area contributed by atoms with Crippen LogP contribution >= 0.6 is 47.2 Å². The number of carbonyl (C=O) groups excluding carboxylic acids is 1. The van der Waals surface area contributed by atoms with Gasteiger partial charge in [-0.15, -0.1) is 0 Å². The molecule has 0 spiro atoms. The van der Waals surface area contributed by atoms with Gasteiger partial charge in [0.25, 0.3) is 11.6 Å². The Labute approximate surface area is 181 Å². The van der Waals surface area contributed by atoms with Crippen molar-refractivity contribution in [1.29, 1.82) is 0 Å². The third-order valence-corrected chi connectivity index (χ3v) is 5.71. The summed E-state index contributed by atoms with van der Waals surface area (Å²) in [6.45, 7) is 0. The van der Waals surface area contributed by atoms with E-state index in [2.05, 4.69) is 0 Å². The van der Waals surface area contributed by atoms with Gasteiger partial charge >= 0.3 is 6.18 Å². The van der Waals surface area contributed by atoms with E-state index in [1.807, 2.05) is 0 Å². The first-order chi connectivity index (χ1) is 13.5. The fourth-order valence-electron chi connectivity index (χ4n) is 2.46. The number of amides is 1. The normalized spacial score (nSPS) is 16.0. The number of thioether (sulfide) groups is 1. The van der Waals surface area contributed by atoms with Gasteiger partial charge in [-0.05, 0) is 30.3 Å². The number of rotatable bonds is 3. The van der Waals surface area contributed by atoms with E-state index >= 15 is 0 Å². The fourth-order valence-corrected chi connectivity index (χ4v) is 4.25. The van der Waals surface area contributed by atoms with Gasteiger partial charge in [-0.25, -0.2) is 0 Å². The van der Waals surface area contributed by atoms with E-state index in [9.17, 15) is 28.1 Å². The van der Waals surface area contributed by atoms with Crippen LogP contribution in [0, 0.1) is 10.1 Å². The number of hydrogen-bond acceptors (Lipinski definition) is 5. The standard InChI is InChI=1S/C17H7Cl2F3N2O3S2/c18-11-7-12(19)13(24(26)27)4-8(11)5-14-15(25)23(16(28)29-14)10-3-1-2-9(6-10)17(20,21)22/h1-7H. The molecule has 0 saturated carbocycles. The third-order valence-electron chi connectivity index (χ3n) is 3.77. The van der Waals surface area contributed by atoms with Crippen molar-refractivity contribution in [2.75, 3.05) is 4.90 Å². The Bertz CT molecular complexity index is 1090. The number of benzene rings is 2. The molecule has 0 radical (unpaired) electrons. The van der Waals surface area contributed by atoms with Crippen LogP contribution in [-0.2, 0) is 11.0 Å². The van der Waals surface area contributed by atoms with E-state index in [1.165, 1.54) is 24.3 Å². The molecule has 0 atom stereocenters. The van der Waals surface area contributed by atoms with Crippen LogP contribution in [-0.4, -0.2) is 15.2 Å². The fraction of sp³-hybridized carbons (Fsp3) is 0.0588. The number of nitrogens with zero attached hydrogens (tertiary/aromatic N) is 2. The second-order valence-corrected chi connectivity index (χ2v) is 8.14. The Morgan fingerprint density at radius 2 is 1.86 bits per heavy atom. The SMILES string of the molecule is O=C1C(=Cc2cc([N+](=O)[O-])c(Cl)cc2Cl)SC(=S)N1c1cccc(C(F)(F)F)c1. The first-order valence-electron chi connectivity index (χ1n) is 7.57. The van der Waals surface area contributed by atoms with Crippen LogP contribution in [0.15, 0.2) is 41.3 Å². The number of halogens is 5. The zero-order valence-corrected chi connectivity index (χ0v) is 17.0. The Morgan fingerprint density at radius 3 is 2.48 bits per heavy atom. The molecule has 1 saturated heterocycles. The molecule has 1 fully saturated rings. The Balaban J connectivity index is 2.00. The molecule has 0 bridgehead atoms. The lowest BCUT2D eigenvalue weighted by Gasteiger charge is -2.16. The quantitative estimate of drug-likeness (QED) is 0.223. The number of carbonyl (C=O) groups is 1. The molecule has 0 unspecified atom stereocenters. The monoisotopic (exact) mass is 478 g/mol. The molecule has 1 aliphatic heterocycles. The van der Waals surface area contributed by atoms with Gasteiger partial charge < -0.3 is 0 Å². The molecule has 12 heteroatoms. The van der Waals surface area contributed by atoms with E-state index in [4.69, 9.17) is 35.4 Å². The number of thiocarbonyl (C=S) groups is 1. The van der Waals surface area contributed by atoms with Crippen LogP contribution in [0.4, 0.5) is 24.5 Å². The van der Waals surface area contributed by atoms with E-state index in [0.29, 0.717) is 0 Å². The molecule has 1 heterocycles. The summed E-state index contributed by atoms with van der Waals surface area (Å²) < 4.78 is 38.9. The van der Waals surface area contributed by atoms with E-state index in [0.717, 1.165) is 34.9 Å². The summed E-state index contributed by atoms with van der Waals surface area (Å²) in [4.78, 5) is 24.1. The van der Waals surface area contributed by atoms with E-state index in [-0.39, 0.29) is 30.5 Å². The smallest absolute Gasteiger partial charge is 0.268 e. The van der Waals surface area contributed by atoms with Crippen molar-refractivity contribution in [2.45, 2.75) is 6.18 Å². The number of anilines is 1. The molecule has 1 aliphatic rings. The topological polar surface area (TPSA) is 63.4 Å². The van der Waals surface area contributed by atoms with Crippen molar-refractivity contribution in [3.05, 3.63) is 72.6 Å². The van der Waals surface area contributed by atoms with Crippen molar-refractivity contribution in [1.82, 2.24) is 0 Å². The minimum absolute atomic E-state index is 0.0140. The highest BCUT2D eigenvalue weighted by Gasteiger charge is 2.36. The molecule has 5 nitrogen and oxygen atoms in total. The summed E-state index contributed by atoms with van der Waals surface area (Å²) in [5.74, 6) is -0.673. The Morgan fingerprint density at radius 1 is 1.17 bits per heavy atom. The summed E-state index contributed by atoms with van der Waals surface area (Å²) >= 11 is 17.8. The zero-order chi connectivity index (χ0) is 21.5. The molecule has 0 aromatic heterocycles. The van der Waals surface area contributed by atoms with Crippen LogP contribution < -0.4 is 4.90 Å². The molecule has 3 rings (SSSR count). The molecule has 2 aromatic carbocycles. The Kier molecular flexibility index (Phi) is 5.91. The lowest BCUT2D eigenvalue weighted by Crippen LogP contribution is -2.27. The van der Waals surface area contributed by atoms with Crippen molar-refractivity contribution >= 4 is 74.9 Å². The number of nitro groups is 1. The van der Waals surface area contributed by atoms with Crippen molar-refractivity contribution in [2.24, 2.45) is 0 Å². The highest BCUT2D eigenvalue weighted by molar-refractivity contribution is 8.27. The highest BCUT2D eigenvalue weighted by atomic mass is 35.5. The van der Waals surface area contributed by atoms with Gasteiger partial charge in [0.05, 0.1) is 21.1 Å². The highest BCUT2D eigenvalue weighted by Crippen LogP contribution is 2.40. The molecule has 150 valence electrons. The maximum absolute atomic E-state index is 13.0. The van der Waals surface area contributed by atoms with Gasteiger partial charge in [0.15, 0.2) is 4.32 Å². The number of nitro benzene ring substituents is 1. The molecule has 0 aliphatic carbocycles. The third kappa shape index (κ3) is 4.40. The predicted octanol–water partition coefficient (Wildman–Crippen LogP) is 6.33. The summed E-state index contributed by atoms with van der Waals surface area (Å²) in [5.41, 5.74) is -1.23. The summed E-state index contributed by atoms with van der Waals surface area (Å²) in [7, 11) is 0. The summed E-state index contributed by atoms with van der Waals surface area (Å²) in [6, 6.07) is 6.45. The largest absolute Gasteiger partial charge is 0.416 e. The number of hydrogen-bond donors (Lipinski definition) is 0. The van der Waals surface area contributed by atoms with Gasteiger partial charge in [0, 0.05) is 16.7 Å². The average Bonchev–Trinajstić information content (AvgIpc) is 2.90. The van der Waals surface area contributed by atoms with Crippen LogP contribution in [0.5, 0.6) is 0 Å². The first-order valence-corrected chi connectivity index (χ1v) is 9.56. The lowest BCUT2D eigenvalue weighted by molar-refractivity contribution is -0.384. The van der Waals surface area contributed by atoms with Crippen LogP contribution in [0.1, 0.15) is 11.1 Å². The first kappa shape index (κ1) is 21.6. The zero-order valence-electron chi connectivity index (χ0n) is 13.9. The van der Waals surface area contributed by atoms with Crippen molar-refractivity contribution < 1.29 is 22.9 Å². The van der Waals surface area contributed by atoms with E-state index in [1.54, 1.807) is 0 Å². The molecular formula is C17H7Cl2F3N2O3S2. The Hall–Kier alpha value is -2.14. The molecule has 29 heavy (non-hydrogen) atoms. The molecule has 1 amide bonds. The van der Waals surface area contributed by atoms with Gasteiger partial charge in [-0.1, -0.05) is 53.2 Å². The van der Waals surface area contributed by atoms with Crippen LogP contribution in [0.25, 0.3) is 6.08 Å². The molecular weight excluding hydrogens is 472 g/mol. The number of alkyl halides is 3. The predicted molar refractivity (Wildman–Crippen MR) is 110 cm³/mol. The molecule has 2 aromatic rings. The second-order valence-electron chi connectivity index (χ2n) is 5.65. The second kappa shape index (κ2) is 7.94. The van der Waals surface area contributed by atoms with Crippen molar-refractivity contribution in [3.63, 3.8) is 0 Å². The van der Waals surface area contributed by atoms with Crippen LogP contribution in [0.2, 0.25) is 10.0 Å². The van der Waals surface area contributed by atoms with E-state index < -0.39 is 28.3 Å². The van der Waals surface area contributed by atoms with Gasteiger partial charge in [-0.3, -0.25) is 19.8 Å². The van der Waals surface area contributed by atoms with Crippen LogP contribution in [0.3, 0.4) is 0 Å². The molecule has 0 N–H and O–H groups in total. The maximum atomic E-state index is 13.0. The minimum Gasteiger partial charge on any atom is -0.268 e.